The van der Waals surface area contributed by atoms with Crippen LogP contribution in [0.25, 0.3) is 11.2 Å². The van der Waals surface area contributed by atoms with Crippen LogP contribution in [0.5, 0.6) is 0 Å². The Hall–Kier alpha value is -4.34. The highest BCUT2D eigenvalue weighted by Gasteiger charge is 2.53. The molecule has 0 aliphatic carbocycles. The molecule has 0 radical (unpaired) electrons. The number of H-pyrrole nitrogens is 1. The van der Waals surface area contributed by atoms with Crippen molar-refractivity contribution in [3.8, 4) is 0 Å². The van der Waals surface area contributed by atoms with Crippen molar-refractivity contribution in [3.05, 3.63) is 16.7 Å². The summed E-state index contributed by atoms with van der Waals surface area (Å²) in [5, 5.41) is 2.61. The molecule has 0 bridgehead atoms. The molecule has 200 valence electrons. The molecule has 1 aliphatic heterocycles. The zero-order chi connectivity index (χ0) is 27.3. The predicted octanol–water partition coefficient (Wildman–Crippen LogP) is -1.01. The second kappa shape index (κ2) is 11.6. The molecular formula is C21H25N5O11. The summed E-state index contributed by atoms with van der Waals surface area (Å²) in [6.07, 6.45) is -5.02. The number of rotatable bonds is 9. The lowest BCUT2D eigenvalue weighted by molar-refractivity contribution is -0.267. The van der Waals surface area contributed by atoms with Gasteiger partial charge in [0.15, 0.2) is 35.7 Å². The largest absolute Gasteiger partial charge is 0.463 e. The highest BCUT2D eigenvalue weighted by Crippen LogP contribution is 2.35. The van der Waals surface area contributed by atoms with Crippen LogP contribution in [-0.2, 0) is 47.7 Å². The van der Waals surface area contributed by atoms with Crippen LogP contribution in [0.1, 0.15) is 33.9 Å². The van der Waals surface area contributed by atoms with E-state index in [0.29, 0.717) is 6.29 Å². The highest BCUT2D eigenvalue weighted by atomic mass is 16.7. The molecule has 16 heteroatoms. The Morgan fingerprint density at radius 2 is 1.65 bits per heavy atom. The lowest BCUT2D eigenvalue weighted by Gasteiger charge is -2.44. The number of carbonyl (C=O) groups is 5. The number of imidazole rings is 1. The molecule has 5 atom stereocenters. The molecule has 3 rings (SSSR count). The van der Waals surface area contributed by atoms with Crippen LogP contribution in [0.2, 0.25) is 0 Å². The van der Waals surface area contributed by atoms with Crippen LogP contribution in [0.3, 0.4) is 0 Å². The molecule has 2 aromatic rings. The molecular weight excluding hydrogens is 498 g/mol. The standard InChI is InChI=1S/C21H25N5O11/c1-9(28)33-7-13-15(34-10(2)29)16(35-11(3)30)17(36-12(4)31)20(37-13)26-8-23-14-18(26)24-21(22-5-6-27)25-19(14)32/h6,8,13,15-17,20H,5,7H2,1-4H3,(H2,22,24,25,32)/t13-,15-,16+,17-,20-/m1/s1. The summed E-state index contributed by atoms with van der Waals surface area (Å²) in [7, 11) is 0. The maximum absolute atomic E-state index is 12.5. The molecule has 0 aromatic carbocycles. The van der Waals surface area contributed by atoms with Gasteiger partial charge in [-0.25, -0.2) is 4.98 Å². The molecule has 2 N–H and O–H groups in total. The average molecular weight is 523 g/mol. The van der Waals surface area contributed by atoms with Gasteiger partial charge in [-0.3, -0.25) is 33.5 Å². The first-order valence-corrected chi connectivity index (χ1v) is 11.0. The van der Waals surface area contributed by atoms with E-state index in [1.807, 2.05) is 0 Å². The molecule has 16 nitrogen and oxygen atoms in total. The molecule has 2 aromatic heterocycles. The third kappa shape index (κ3) is 6.46. The number of aromatic nitrogens is 4. The van der Waals surface area contributed by atoms with Crippen LogP contribution in [0.4, 0.5) is 5.95 Å². The Morgan fingerprint density at radius 3 is 2.24 bits per heavy atom. The number of anilines is 1. The van der Waals surface area contributed by atoms with Gasteiger partial charge in [0, 0.05) is 27.7 Å². The molecule has 1 aliphatic rings. The predicted molar refractivity (Wildman–Crippen MR) is 120 cm³/mol. The fourth-order valence-corrected chi connectivity index (χ4v) is 3.76. The van der Waals surface area contributed by atoms with Crippen molar-refractivity contribution in [2.75, 3.05) is 18.5 Å². The Balaban J connectivity index is 2.17. The zero-order valence-electron chi connectivity index (χ0n) is 20.3. The number of nitrogens with zero attached hydrogens (tertiary/aromatic N) is 3. The van der Waals surface area contributed by atoms with Crippen LogP contribution in [0.15, 0.2) is 11.1 Å². The molecule has 0 amide bonds. The number of hydrogen-bond acceptors (Lipinski definition) is 14. The first-order valence-electron chi connectivity index (χ1n) is 11.0. The topological polar surface area (TPSA) is 207 Å². The summed E-state index contributed by atoms with van der Waals surface area (Å²) in [5.74, 6) is -3.08. The van der Waals surface area contributed by atoms with Gasteiger partial charge in [-0.05, 0) is 0 Å². The van der Waals surface area contributed by atoms with E-state index in [9.17, 15) is 28.8 Å². The van der Waals surface area contributed by atoms with Crippen molar-refractivity contribution in [2.24, 2.45) is 0 Å². The first kappa shape index (κ1) is 27.3. The third-order valence-corrected chi connectivity index (χ3v) is 5.03. The second-order valence-electron chi connectivity index (χ2n) is 7.88. The fourth-order valence-electron chi connectivity index (χ4n) is 3.76. The molecule has 1 fully saturated rings. The first-order chi connectivity index (χ1) is 17.5. The lowest BCUT2D eigenvalue weighted by atomic mass is 9.97. The van der Waals surface area contributed by atoms with E-state index in [1.165, 1.54) is 10.9 Å². The Morgan fingerprint density at radius 1 is 1.03 bits per heavy atom. The number of hydrogen-bond donors (Lipinski definition) is 2. The van der Waals surface area contributed by atoms with E-state index < -0.39 is 66.7 Å². The minimum atomic E-state index is -1.43. The van der Waals surface area contributed by atoms with E-state index in [1.54, 1.807) is 0 Å². The van der Waals surface area contributed by atoms with Gasteiger partial charge in [0.2, 0.25) is 5.95 Å². The number of aromatic amines is 1. The number of aldehydes is 1. The van der Waals surface area contributed by atoms with Gasteiger partial charge in [-0.1, -0.05) is 0 Å². The van der Waals surface area contributed by atoms with Crippen LogP contribution >= 0.6 is 0 Å². The SMILES string of the molecule is CC(=O)OC[C@H]1O[C@@H](n2cnc3c(=O)[nH]c(NCC=O)nc32)[C@H](OC(C)=O)[C@@H](OC(C)=O)[C@@H]1OC(C)=O. The quantitative estimate of drug-likeness (QED) is 0.229. The van der Waals surface area contributed by atoms with E-state index in [4.69, 9.17) is 23.7 Å². The summed E-state index contributed by atoms with van der Waals surface area (Å²) in [6, 6.07) is 0. The van der Waals surface area contributed by atoms with Crippen LogP contribution in [0, 0.1) is 0 Å². The van der Waals surface area contributed by atoms with Crippen molar-refractivity contribution in [1.29, 1.82) is 0 Å². The normalized spacial score (nSPS) is 23.1. The van der Waals surface area contributed by atoms with Gasteiger partial charge in [0.05, 0.1) is 12.9 Å². The minimum absolute atomic E-state index is 0.0435. The molecule has 37 heavy (non-hydrogen) atoms. The Labute approximate surface area is 208 Å². The number of carbonyl (C=O) groups excluding carboxylic acids is 5. The molecule has 1 saturated heterocycles. The monoisotopic (exact) mass is 523 g/mol. The maximum Gasteiger partial charge on any atom is 0.303 e. The number of nitrogens with one attached hydrogen (secondary N) is 2. The maximum atomic E-state index is 12.5. The zero-order valence-corrected chi connectivity index (χ0v) is 20.3. The lowest BCUT2D eigenvalue weighted by Crippen LogP contribution is -2.60. The second-order valence-corrected chi connectivity index (χ2v) is 7.88. The van der Waals surface area contributed by atoms with Gasteiger partial charge < -0.3 is 33.8 Å². The summed E-state index contributed by atoms with van der Waals surface area (Å²) in [4.78, 5) is 81.4. The van der Waals surface area contributed by atoms with Crippen molar-refractivity contribution in [1.82, 2.24) is 19.5 Å². The van der Waals surface area contributed by atoms with Crippen LogP contribution < -0.4 is 10.9 Å². The van der Waals surface area contributed by atoms with Gasteiger partial charge in [-0.15, -0.1) is 0 Å². The number of esters is 4. The van der Waals surface area contributed by atoms with Gasteiger partial charge in [0.25, 0.3) is 5.56 Å². The van der Waals surface area contributed by atoms with Crippen molar-refractivity contribution in [3.63, 3.8) is 0 Å². The van der Waals surface area contributed by atoms with Crippen molar-refractivity contribution >= 4 is 47.3 Å². The summed E-state index contributed by atoms with van der Waals surface area (Å²) in [6.45, 7) is 3.88. The average Bonchev–Trinajstić information content (AvgIpc) is 3.22. The summed E-state index contributed by atoms with van der Waals surface area (Å²) < 4.78 is 28.5. The summed E-state index contributed by atoms with van der Waals surface area (Å²) in [5.41, 5.74) is -0.814. The molecule has 0 saturated carbocycles. The molecule has 0 spiro atoms. The van der Waals surface area contributed by atoms with Crippen molar-refractivity contribution < 1.29 is 47.7 Å². The highest BCUT2D eigenvalue weighted by molar-refractivity contribution is 5.72. The van der Waals surface area contributed by atoms with E-state index >= 15 is 0 Å². The van der Waals surface area contributed by atoms with Gasteiger partial charge in [-0.2, -0.15) is 4.98 Å². The smallest absolute Gasteiger partial charge is 0.303 e. The van der Waals surface area contributed by atoms with E-state index in [2.05, 4.69) is 20.3 Å². The fraction of sp³-hybridized carbons (Fsp3) is 0.524. The third-order valence-electron chi connectivity index (χ3n) is 5.03. The molecule has 0 unspecified atom stereocenters. The molecule has 3 heterocycles. The minimum Gasteiger partial charge on any atom is -0.463 e. The van der Waals surface area contributed by atoms with Crippen LogP contribution in [-0.4, -0.2) is 87.2 Å². The number of fused-ring (bicyclic) bond motifs is 1. The summed E-state index contributed by atoms with van der Waals surface area (Å²) >= 11 is 0. The Bertz CT molecular complexity index is 1260. The van der Waals surface area contributed by atoms with Gasteiger partial charge >= 0.3 is 23.9 Å². The Kier molecular flexibility index (Phi) is 8.54. The van der Waals surface area contributed by atoms with Gasteiger partial charge in [0.1, 0.15) is 19.0 Å². The van der Waals surface area contributed by atoms with E-state index in [-0.39, 0.29) is 23.7 Å². The number of ether oxygens (including phenoxy) is 5. The van der Waals surface area contributed by atoms with Crippen molar-refractivity contribution in [2.45, 2.75) is 58.3 Å². The van der Waals surface area contributed by atoms with E-state index in [0.717, 1.165) is 27.7 Å².